The zero-order valence-electron chi connectivity index (χ0n) is 19.5. The second-order valence-corrected chi connectivity index (χ2v) is 9.25. The van der Waals surface area contributed by atoms with Crippen LogP contribution in [0.1, 0.15) is 17.5 Å². The van der Waals surface area contributed by atoms with Gasteiger partial charge in [-0.15, -0.1) is 0 Å². The highest BCUT2D eigenvalue weighted by atomic mass is 16.5. The van der Waals surface area contributed by atoms with E-state index in [9.17, 15) is 40.9 Å². The van der Waals surface area contributed by atoms with Gasteiger partial charge in [-0.2, -0.15) is 0 Å². The molecule has 2 aliphatic heterocycles. The summed E-state index contributed by atoms with van der Waals surface area (Å²) in [5.41, 5.74) is 1.50. The third kappa shape index (κ3) is 5.27. The number of aryl methyl sites for hydroxylation is 1. The van der Waals surface area contributed by atoms with Crippen LogP contribution in [0.5, 0.6) is 0 Å². The Hall–Kier alpha value is -2.14. The molecule has 2 aromatic rings. The molecule has 2 heterocycles. The van der Waals surface area contributed by atoms with Gasteiger partial charge in [0.25, 0.3) is 0 Å². The first-order valence-corrected chi connectivity index (χ1v) is 11.9. The number of rotatable bonds is 5. The van der Waals surface area contributed by atoms with E-state index in [-0.39, 0.29) is 0 Å². The molecule has 36 heavy (non-hydrogen) atoms. The van der Waals surface area contributed by atoms with E-state index in [0.717, 1.165) is 16.3 Å². The molecule has 196 valence electrons. The van der Waals surface area contributed by atoms with Crippen molar-refractivity contribution in [2.24, 2.45) is 0 Å². The molecule has 2 aromatic carbocycles. The quantitative estimate of drug-likeness (QED) is 0.208. The van der Waals surface area contributed by atoms with Crippen molar-refractivity contribution in [3.63, 3.8) is 0 Å². The lowest BCUT2D eigenvalue weighted by Crippen LogP contribution is -2.58. The maximum Gasteiger partial charge on any atom is 0.147 e. The highest BCUT2D eigenvalue weighted by molar-refractivity contribution is 5.91. The Bertz CT molecular complexity index is 1090. The summed E-state index contributed by atoms with van der Waals surface area (Å²) in [6, 6.07) is 11.2. The third-order valence-electron chi connectivity index (χ3n) is 6.92. The Morgan fingerprint density at radius 2 is 1.25 bits per heavy atom. The molecule has 10 heteroatoms. The topological polar surface area (TPSA) is 180 Å². The first kappa shape index (κ1) is 26.9. The van der Waals surface area contributed by atoms with Crippen molar-refractivity contribution in [3.8, 4) is 11.8 Å². The molecule has 0 saturated carbocycles. The van der Waals surface area contributed by atoms with Crippen LogP contribution in [0.25, 0.3) is 10.8 Å². The van der Waals surface area contributed by atoms with Crippen molar-refractivity contribution >= 4 is 10.8 Å². The summed E-state index contributed by atoms with van der Waals surface area (Å²) in [7, 11) is 0. The van der Waals surface area contributed by atoms with Crippen LogP contribution < -0.4 is 0 Å². The van der Waals surface area contributed by atoms with Gasteiger partial charge >= 0.3 is 0 Å². The van der Waals surface area contributed by atoms with Crippen LogP contribution in [0.3, 0.4) is 0 Å². The molecule has 10 nitrogen and oxygen atoms in total. The van der Waals surface area contributed by atoms with E-state index in [0.29, 0.717) is 18.4 Å². The largest absolute Gasteiger partial charge is 0.394 e. The van der Waals surface area contributed by atoms with Gasteiger partial charge in [0.05, 0.1) is 19.3 Å². The molecule has 2 fully saturated rings. The molecule has 0 spiro atoms. The molecule has 8 N–H and O–H groups in total. The number of benzene rings is 2. The van der Waals surface area contributed by atoms with E-state index in [1.807, 2.05) is 30.3 Å². The lowest BCUT2D eigenvalue weighted by atomic mass is 9.90. The maximum absolute atomic E-state index is 10.4. The molecule has 0 amide bonds. The summed E-state index contributed by atoms with van der Waals surface area (Å²) >= 11 is 0. The standard InChI is InChI=1S/C26H32O10/c27-11-18-23(31)25(33)21(29)16(35-18)9-7-14-5-1-3-13-4-2-6-15(20(13)14)8-10-17-22(30)26(34)24(32)19(12-28)36-17/h1-6,16-19,21-34H,7,9,11-12H2/t16-,17-,18-,19-,21-,22-,23-,24-,25-,26-/m1/s1. The molecule has 4 rings (SSSR count). The molecule has 2 aliphatic rings. The fraction of sp³-hybridized carbons (Fsp3) is 0.538. The first-order valence-electron chi connectivity index (χ1n) is 11.9. The third-order valence-corrected chi connectivity index (χ3v) is 6.92. The van der Waals surface area contributed by atoms with E-state index in [1.165, 1.54) is 0 Å². The lowest BCUT2D eigenvalue weighted by molar-refractivity contribution is -0.230. The van der Waals surface area contributed by atoms with Crippen LogP contribution in [-0.4, -0.2) is 115 Å². The second-order valence-electron chi connectivity index (χ2n) is 9.25. The molecule has 2 saturated heterocycles. The SMILES string of the molecule is OC[C@H]1O[C@H](CCc2cccc3cccc(C#C[C@H]4O[C@H](CO)[C@@H](O)[C@H](O)[C@@H]4O)c23)[C@@H](O)[C@@H](O)[C@@H]1O. The normalized spacial score (nSPS) is 36.9. The maximum atomic E-state index is 10.4. The number of fused-ring (bicyclic) bond motifs is 1. The Morgan fingerprint density at radius 3 is 1.92 bits per heavy atom. The molecule has 0 aromatic heterocycles. The number of ether oxygens (including phenoxy) is 2. The molecule has 0 bridgehead atoms. The van der Waals surface area contributed by atoms with Crippen molar-refractivity contribution in [2.75, 3.05) is 13.2 Å². The summed E-state index contributed by atoms with van der Waals surface area (Å²) in [6.07, 6.45) is -11.8. The van der Waals surface area contributed by atoms with Crippen molar-refractivity contribution in [3.05, 3.63) is 47.5 Å². The highest BCUT2D eigenvalue weighted by Crippen LogP contribution is 2.28. The number of aliphatic hydroxyl groups is 8. The van der Waals surface area contributed by atoms with Crippen LogP contribution in [0.15, 0.2) is 36.4 Å². The number of hydrogen-bond acceptors (Lipinski definition) is 10. The van der Waals surface area contributed by atoms with E-state index >= 15 is 0 Å². The van der Waals surface area contributed by atoms with Crippen molar-refractivity contribution in [1.29, 1.82) is 0 Å². The average molecular weight is 505 g/mol. The summed E-state index contributed by atoms with van der Waals surface area (Å²) in [5.74, 6) is 5.79. The predicted octanol–water partition coefficient (Wildman–Crippen LogP) is -2.19. The number of hydrogen-bond donors (Lipinski definition) is 8. The monoisotopic (exact) mass is 504 g/mol. The van der Waals surface area contributed by atoms with Crippen molar-refractivity contribution in [1.82, 2.24) is 0 Å². The van der Waals surface area contributed by atoms with Crippen LogP contribution in [0.4, 0.5) is 0 Å². The average Bonchev–Trinajstić information content (AvgIpc) is 2.89. The molecule has 0 aliphatic carbocycles. The van der Waals surface area contributed by atoms with E-state index in [4.69, 9.17) is 9.47 Å². The molecular formula is C26H32O10. The van der Waals surface area contributed by atoms with E-state index in [2.05, 4.69) is 11.8 Å². The van der Waals surface area contributed by atoms with Gasteiger partial charge in [0, 0.05) is 10.9 Å². The molecule has 10 atom stereocenters. The lowest BCUT2D eigenvalue weighted by Gasteiger charge is -2.40. The van der Waals surface area contributed by atoms with Gasteiger partial charge in [-0.1, -0.05) is 42.2 Å². The smallest absolute Gasteiger partial charge is 0.147 e. The van der Waals surface area contributed by atoms with Gasteiger partial charge in [0.1, 0.15) is 54.9 Å². The minimum absolute atomic E-state index is 0.301. The van der Waals surface area contributed by atoms with Gasteiger partial charge in [-0.05, 0) is 29.9 Å². The summed E-state index contributed by atoms with van der Waals surface area (Å²) in [4.78, 5) is 0. The summed E-state index contributed by atoms with van der Waals surface area (Å²) < 4.78 is 11.1. The second kappa shape index (κ2) is 11.5. The van der Waals surface area contributed by atoms with Crippen LogP contribution in [-0.2, 0) is 15.9 Å². The minimum Gasteiger partial charge on any atom is -0.394 e. The summed E-state index contributed by atoms with van der Waals surface area (Å²) in [6.45, 7) is -1.03. The summed E-state index contributed by atoms with van der Waals surface area (Å²) in [5, 5.41) is 81.3. The predicted molar refractivity (Wildman–Crippen MR) is 127 cm³/mol. The van der Waals surface area contributed by atoms with Gasteiger partial charge in [-0.3, -0.25) is 0 Å². The van der Waals surface area contributed by atoms with Gasteiger partial charge in [-0.25, -0.2) is 0 Å². The molecular weight excluding hydrogens is 472 g/mol. The van der Waals surface area contributed by atoms with Crippen LogP contribution in [0.2, 0.25) is 0 Å². The fourth-order valence-corrected chi connectivity index (χ4v) is 4.82. The Kier molecular flexibility index (Phi) is 8.59. The number of aliphatic hydroxyl groups excluding tert-OH is 8. The van der Waals surface area contributed by atoms with Gasteiger partial charge in [0.2, 0.25) is 0 Å². The van der Waals surface area contributed by atoms with Crippen molar-refractivity contribution in [2.45, 2.75) is 73.9 Å². The first-order chi connectivity index (χ1) is 17.3. The molecule has 0 radical (unpaired) electrons. The van der Waals surface area contributed by atoms with Gasteiger partial charge in [0.15, 0.2) is 0 Å². The Labute approximate surface area is 208 Å². The molecule has 0 unspecified atom stereocenters. The van der Waals surface area contributed by atoms with Crippen LogP contribution >= 0.6 is 0 Å². The minimum atomic E-state index is -1.52. The zero-order chi connectivity index (χ0) is 26.0. The van der Waals surface area contributed by atoms with Crippen molar-refractivity contribution < 1.29 is 50.3 Å². The zero-order valence-corrected chi connectivity index (χ0v) is 19.5. The van der Waals surface area contributed by atoms with Crippen LogP contribution in [0, 0.1) is 11.8 Å². The van der Waals surface area contributed by atoms with Gasteiger partial charge < -0.3 is 50.3 Å². The van der Waals surface area contributed by atoms with E-state index in [1.54, 1.807) is 6.07 Å². The fourth-order valence-electron chi connectivity index (χ4n) is 4.82. The highest BCUT2D eigenvalue weighted by Gasteiger charge is 2.44. The Balaban J connectivity index is 1.59. The van der Waals surface area contributed by atoms with E-state index < -0.39 is 74.3 Å². The Morgan fingerprint density at radius 1 is 0.667 bits per heavy atom.